The molecule has 1 atom stereocenters. The Kier molecular flexibility index (Phi) is 3.53. The number of aliphatic hydroxyl groups is 1. The maximum absolute atomic E-state index is 12.5. The fourth-order valence-electron chi connectivity index (χ4n) is 1.84. The van der Waals surface area contributed by atoms with E-state index < -0.39 is 16.1 Å². The second-order valence-electron chi connectivity index (χ2n) is 4.51. The summed E-state index contributed by atoms with van der Waals surface area (Å²) in [6, 6.07) is 4.53. The van der Waals surface area contributed by atoms with Crippen molar-refractivity contribution in [1.82, 2.24) is 9.29 Å². The summed E-state index contributed by atoms with van der Waals surface area (Å²) in [5, 5.41) is 9.67. The first-order valence-corrected chi connectivity index (χ1v) is 7.27. The quantitative estimate of drug-likeness (QED) is 0.721. The van der Waals surface area contributed by atoms with Gasteiger partial charge in [0, 0.05) is 35.9 Å². The molecule has 0 amide bonds. The Morgan fingerprint density at radius 1 is 1.47 bits per heavy atom. The fraction of sp³-hybridized carbons (Fsp3) is 0.333. The van der Waals surface area contributed by atoms with Crippen LogP contribution in [0.4, 0.5) is 5.69 Å². The van der Waals surface area contributed by atoms with Crippen LogP contribution in [0, 0.1) is 0 Å². The van der Waals surface area contributed by atoms with Crippen molar-refractivity contribution in [3.63, 3.8) is 0 Å². The number of aromatic amines is 1. The SMILES string of the molecule is CC(CO)N(C)S(=O)(=O)c1c[nH]c2cc(N)ccc12. The molecule has 6 nitrogen and oxygen atoms in total. The number of fused-ring (bicyclic) bond motifs is 1. The lowest BCUT2D eigenvalue weighted by Gasteiger charge is -2.22. The van der Waals surface area contributed by atoms with E-state index in [9.17, 15) is 8.42 Å². The van der Waals surface area contributed by atoms with Crippen LogP contribution in [0.2, 0.25) is 0 Å². The van der Waals surface area contributed by atoms with Crippen LogP contribution in [0.1, 0.15) is 6.92 Å². The average molecular weight is 283 g/mol. The maximum atomic E-state index is 12.5. The minimum Gasteiger partial charge on any atom is -0.399 e. The number of rotatable bonds is 4. The van der Waals surface area contributed by atoms with Crippen molar-refractivity contribution in [1.29, 1.82) is 0 Å². The first kappa shape index (κ1) is 13.9. The van der Waals surface area contributed by atoms with E-state index in [1.807, 2.05) is 0 Å². The van der Waals surface area contributed by atoms with E-state index in [1.165, 1.54) is 13.2 Å². The van der Waals surface area contributed by atoms with E-state index in [1.54, 1.807) is 25.1 Å². The fourth-order valence-corrected chi connectivity index (χ4v) is 3.35. The normalized spacial score (nSPS) is 14.1. The van der Waals surface area contributed by atoms with Gasteiger partial charge in [0.15, 0.2) is 0 Å². The average Bonchev–Trinajstić information content (AvgIpc) is 2.80. The minimum absolute atomic E-state index is 0.185. The highest BCUT2D eigenvalue weighted by atomic mass is 32.2. The lowest BCUT2D eigenvalue weighted by molar-refractivity contribution is 0.214. The second-order valence-corrected chi connectivity index (χ2v) is 6.48. The topological polar surface area (TPSA) is 99.4 Å². The number of benzene rings is 1. The molecule has 1 aromatic carbocycles. The van der Waals surface area contributed by atoms with Gasteiger partial charge in [-0.15, -0.1) is 0 Å². The van der Waals surface area contributed by atoms with Crippen LogP contribution in [-0.2, 0) is 10.0 Å². The number of anilines is 1. The van der Waals surface area contributed by atoms with Crippen LogP contribution in [-0.4, -0.2) is 42.5 Å². The summed E-state index contributed by atoms with van der Waals surface area (Å²) in [5.74, 6) is 0. The number of hydrogen-bond donors (Lipinski definition) is 3. The number of nitrogens with two attached hydrogens (primary N) is 1. The summed E-state index contributed by atoms with van der Waals surface area (Å²) in [5.41, 5.74) is 6.89. The minimum atomic E-state index is -3.65. The number of sulfonamides is 1. The molecule has 0 aliphatic carbocycles. The largest absolute Gasteiger partial charge is 0.399 e. The van der Waals surface area contributed by atoms with E-state index in [0.29, 0.717) is 16.6 Å². The molecule has 104 valence electrons. The third-order valence-electron chi connectivity index (χ3n) is 3.21. The highest BCUT2D eigenvalue weighted by Gasteiger charge is 2.27. The monoisotopic (exact) mass is 283 g/mol. The van der Waals surface area contributed by atoms with Crippen LogP contribution >= 0.6 is 0 Å². The number of nitrogens with zero attached hydrogens (tertiary/aromatic N) is 1. The summed E-state index contributed by atoms with van der Waals surface area (Å²) in [6.45, 7) is 1.41. The molecule has 19 heavy (non-hydrogen) atoms. The van der Waals surface area contributed by atoms with Crippen LogP contribution in [0.25, 0.3) is 10.9 Å². The standard InChI is InChI=1S/C12H17N3O3S/c1-8(7-16)15(2)19(17,18)12-6-14-11-5-9(13)3-4-10(11)12/h3-6,8,14,16H,7,13H2,1-2H3. The molecule has 4 N–H and O–H groups in total. The summed E-state index contributed by atoms with van der Waals surface area (Å²) in [6.07, 6.45) is 1.44. The van der Waals surface area contributed by atoms with Gasteiger partial charge < -0.3 is 15.8 Å². The van der Waals surface area contributed by atoms with Gasteiger partial charge in [-0.3, -0.25) is 0 Å². The number of likely N-dealkylation sites (N-methyl/N-ethyl adjacent to an activating group) is 1. The summed E-state index contributed by atoms with van der Waals surface area (Å²) in [7, 11) is -2.19. The van der Waals surface area contributed by atoms with Gasteiger partial charge in [0.25, 0.3) is 0 Å². The van der Waals surface area contributed by atoms with Crippen molar-refractivity contribution in [2.75, 3.05) is 19.4 Å². The van der Waals surface area contributed by atoms with Crippen molar-refractivity contribution < 1.29 is 13.5 Å². The van der Waals surface area contributed by atoms with Gasteiger partial charge in [-0.05, 0) is 25.1 Å². The van der Waals surface area contributed by atoms with Gasteiger partial charge in [-0.1, -0.05) is 0 Å². The molecule has 0 aliphatic heterocycles. The van der Waals surface area contributed by atoms with Gasteiger partial charge in [0.05, 0.1) is 6.61 Å². The predicted molar refractivity (Wildman–Crippen MR) is 74.2 cm³/mol. The Bertz CT molecular complexity index is 693. The Balaban J connectivity index is 2.55. The number of aliphatic hydroxyl groups excluding tert-OH is 1. The van der Waals surface area contributed by atoms with Crippen molar-refractivity contribution >= 4 is 26.6 Å². The number of aromatic nitrogens is 1. The molecule has 0 aliphatic rings. The van der Waals surface area contributed by atoms with E-state index in [4.69, 9.17) is 10.8 Å². The zero-order valence-electron chi connectivity index (χ0n) is 10.8. The number of hydrogen-bond acceptors (Lipinski definition) is 4. The third kappa shape index (κ3) is 2.32. The van der Waals surface area contributed by atoms with Crippen molar-refractivity contribution in [2.45, 2.75) is 17.9 Å². The van der Waals surface area contributed by atoms with E-state index in [0.717, 1.165) is 4.31 Å². The van der Waals surface area contributed by atoms with Crippen LogP contribution in [0.3, 0.4) is 0 Å². The molecule has 0 saturated heterocycles. The van der Waals surface area contributed by atoms with E-state index in [-0.39, 0.29) is 11.5 Å². The molecule has 2 aromatic rings. The van der Waals surface area contributed by atoms with E-state index in [2.05, 4.69) is 4.98 Å². The zero-order valence-corrected chi connectivity index (χ0v) is 11.6. The number of nitrogens with one attached hydrogen (secondary N) is 1. The number of H-pyrrole nitrogens is 1. The number of nitrogen functional groups attached to an aromatic ring is 1. The van der Waals surface area contributed by atoms with Gasteiger partial charge in [0.2, 0.25) is 10.0 Å². The molecular weight excluding hydrogens is 266 g/mol. The zero-order chi connectivity index (χ0) is 14.2. The molecule has 7 heteroatoms. The summed E-state index contributed by atoms with van der Waals surface area (Å²) < 4.78 is 26.1. The lowest BCUT2D eigenvalue weighted by atomic mass is 10.2. The molecule has 0 fully saturated rings. The first-order chi connectivity index (χ1) is 8.87. The smallest absolute Gasteiger partial charge is 0.245 e. The van der Waals surface area contributed by atoms with Crippen LogP contribution in [0.15, 0.2) is 29.3 Å². The maximum Gasteiger partial charge on any atom is 0.245 e. The molecule has 1 aromatic heterocycles. The third-order valence-corrected chi connectivity index (χ3v) is 5.22. The van der Waals surface area contributed by atoms with Crippen molar-refractivity contribution in [3.05, 3.63) is 24.4 Å². The predicted octanol–water partition coefficient (Wildman–Crippen LogP) is 0.751. The second kappa shape index (κ2) is 4.84. The molecule has 1 unspecified atom stereocenters. The van der Waals surface area contributed by atoms with Crippen molar-refractivity contribution in [3.8, 4) is 0 Å². The summed E-state index contributed by atoms with van der Waals surface area (Å²) >= 11 is 0. The van der Waals surface area contributed by atoms with E-state index >= 15 is 0 Å². The summed E-state index contributed by atoms with van der Waals surface area (Å²) in [4.78, 5) is 3.08. The molecule has 2 rings (SSSR count). The van der Waals surface area contributed by atoms with Crippen LogP contribution in [0.5, 0.6) is 0 Å². The Labute approximate surface area is 111 Å². The van der Waals surface area contributed by atoms with Gasteiger partial charge in [-0.25, -0.2) is 8.42 Å². The van der Waals surface area contributed by atoms with Gasteiger partial charge >= 0.3 is 0 Å². The molecule has 0 radical (unpaired) electrons. The lowest BCUT2D eigenvalue weighted by Crippen LogP contribution is -2.37. The molecular formula is C12H17N3O3S. The molecule has 1 heterocycles. The molecule has 0 saturated carbocycles. The molecule has 0 spiro atoms. The first-order valence-electron chi connectivity index (χ1n) is 5.83. The highest BCUT2D eigenvalue weighted by molar-refractivity contribution is 7.89. The van der Waals surface area contributed by atoms with Crippen molar-refractivity contribution in [2.24, 2.45) is 0 Å². The van der Waals surface area contributed by atoms with Gasteiger partial charge in [-0.2, -0.15) is 4.31 Å². The Morgan fingerprint density at radius 2 is 2.16 bits per heavy atom. The Hall–Kier alpha value is -1.57. The van der Waals surface area contributed by atoms with Crippen LogP contribution < -0.4 is 5.73 Å². The van der Waals surface area contributed by atoms with Gasteiger partial charge in [0.1, 0.15) is 4.90 Å². The highest BCUT2D eigenvalue weighted by Crippen LogP contribution is 2.27. The molecule has 0 bridgehead atoms. The Morgan fingerprint density at radius 3 is 2.79 bits per heavy atom.